The van der Waals surface area contributed by atoms with Crippen LogP contribution in [0.3, 0.4) is 0 Å². The van der Waals surface area contributed by atoms with E-state index < -0.39 is 0 Å². The summed E-state index contributed by atoms with van der Waals surface area (Å²) in [6.45, 7) is 7.19. The summed E-state index contributed by atoms with van der Waals surface area (Å²) in [5.41, 5.74) is 3.37. The zero-order valence-corrected chi connectivity index (χ0v) is 13.8. The van der Waals surface area contributed by atoms with Crippen LogP contribution in [0.2, 0.25) is 0 Å². The van der Waals surface area contributed by atoms with E-state index in [0.29, 0.717) is 18.7 Å². The Labute approximate surface area is 135 Å². The van der Waals surface area contributed by atoms with Gasteiger partial charge in [0.1, 0.15) is 5.82 Å². The van der Waals surface area contributed by atoms with Crippen molar-refractivity contribution in [2.75, 3.05) is 13.1 Å². The predicted octanol–water partition coefficient (Wildman–Crippen LogP) is 3.42. The number of rotatable bonds is 2. The van der Waals surface area contributed by atoms with Crippen molar-refractivity contribution in [1.29, 1.82) is 0 Å². The van der Waals surface area contributed by atoms with Crippen LogP contribution in [0.5, 0.6) is 0 Å². The number of carbonyl (C=O) groups excluding carboxylic acids is 1. The summed E-state index contributed by atoms with van der Waals surface area (Å²) in [5.74, 6) is -0.459. The van der Waals surface area contributed by atoms with Crippen molar-refractivity contribution in [3.63, 3.8) is 0 Å². The maximum atomic E-state index is 13.5. The Bertz CT molecular complexity index is 738. The number of nitrogens with zero attached hydrogens (tertiary/aromatic N) is 3. The Hall–Kier alpha value is -2.17. The smallest absolute Gasteiger partial charge is 0.254 e. The molecule has 1 aliphatic heterocycles. The van der Waals surface area contributed by atoms with Gasteiger partial charge in [-0.05, 0) is 57.4 Å². The summed E-state index contributed by atoms with van der Waals surface area (Å²) in [4.78, 5) is 14.6. The van der Waals surface area contributed by atoms with Gasteiger partial charge >= 0.3 is 0 Å². The van der Waals surface area contributed by atoms with Gasteiger partial charge in [0.2, 0.25) is 0 Å². The number of aryl methyl sites for hydroxylation is 3. The fraction of sp³-hybridized carbons (Fsp3) is 0.444. The van der Waals surface area contributed by atoms with Crippen LogP contribution in [0.25, 0.3) is 0 Å². The highest BCUT2D eigenvalue weighted by molar-refractivity contribution is 5.95. The Morgan fingerprint density at radius 3 is 2.74 bits per heavy atom. The topological polar surface area (TPSA) is 38.1 Å². The summed E-state index contributed by atoms with van der Waals surface area (Å²) < 4.78 is 15.5. The number of piperidine rings is 1. The number of amides is 1. The molecule has 0 radical (unpaired) electrons. The number of aromatic nitrogens is 2. The number of hydrogen-bond acceptors (Lipinski definition) is 2. The lowest BCUT2D eigenvalue weighted by Gasteiger charge is -2.33. The van der Waals surface area contributed by atoms with Gasteiger partial charge in [-0.25, -0.2) is 4.39 Å². The molecule has 1 amide bonds. The van der Waals surface area contributed by atoms with Gasteiger partial charge in [0.05, 0.1) is 11.7 Å². The molecule has 0 bridgehead atoms. The molecule has 0 N–H and O–H groups in total. The van der Waals surface area contributed by atoms with Crippen molar-refractivity contribution in [2.24, 2.45) is 0 Å². The summed E-state index contributed by atoms with van der Waals surface area (Å²) in [7, 11) is 0. The van der Waals surface area contributed by atoms with Gasteiger partial charge in [0.25, 0.3) is 5.91 Å². The van der Waals surface area contributed by atoms with Crippen LogP contribution in [0.15, 0.2) is 24.3 Å². The predicted molar refractivity (Wildman–Crippen MR) is 87.0 cm³/mol. The standard InChI is InChI=1S/C18H22FN3O/c1-12-6-7-15(19)10-17(12)18(23)21-8-4-5-16(11-21)22-14(3)9-13(2)20-22/h6-7,9-10,16H,4-5,8,11H2,1-3H3/t16-/m0/s1. The third kappa shape index (κ3) is 3.14. The van der Waals surface area contributed by atoms with Crippen LogP contribution in [0.4, 0.5) is 4.39 Å². The number of carbonyl (C=O) groups is 1. The summed E-state index contributed by atoms with van der Waals surface area (Å²) in [5, 5.41) is 4.55. The SMILES string of the molecule is Cc1cc(C)n([C@H]2CCCN(C(=O)c3cc(F)ccc3C)C2)n1. The van der Waals surface area contributed by atoms with Crippen molar-refractivity contribution in [3.05, 3.63) is 52.6 Å². The van der Waals surface area contributed by atoms with E-state index in [4.69, 9.17) is 0 Å². The second-order valence-electron chi connectivity index (χ2n) is 6.38. The molecule has 0 saturated carbocycles. The van der Waals surface area contributed by atoms with Gasteiger partial charge < -0.3 is 4.90 Å². The van der Waals surface area contributed by atoms with Gasteiger partial charge in [-0.2, -0.15) is 5.10 Å². The molecular weight excluding hydrogens is 293 g/mol. The highest BCUT2D eigenvalue weighted by Gasteiger charge is 2.27. The van der Waals surface area contributed by atoms with E-state index in [1.165, 1.54) is 12.1 Å². The van der Waals surface area contributed by atoms with Crippen LogP contribution < -0.4 is 0 Å². The summed E-state index contributed by atoms with van der Waals surface area (Å²) >= 11 is 0. The zero-order chi connectivity index (χ0) is 16.6. The van der Waals surface area contributed by atoms with Crippen LogP contribution in [0.1, 0.15) is 46.2 Å². The molecule has 23 heavy (non-hydrogen) atoms. The Balaban J connectivity index is 1.82. The quantitative estimate of drug-likeness (QED) is 0.851. The lowest BCUT2D eigenvalue weighted by atomic mass is 10.0. The second kappa shape index (κ2) is 6.14. The summed E-state index contributed by atoms with van der Waals surface area (Å²) in [6, 6.07) is 6.63. The first-order chi connectivity index (χ1) is 11.0. The number of benzene rings is 1. The number of likely N-dealkylation sites (tertiary alicyclic amines) is 1. The average Bonchev–Trinajstić information content (AvgIpc) is 2.88. The second-order valence-corrected chi connectivity index (χ2v) is 6.38. The van der Waals surface area contributed by atoms with Crippen LogP contribution in [-0.2, 0) is 0 Å². The van der Waals surface area contributed by atoms with Crippen molar-refractivity contribution in [2.45, 2.75) is 39.7 Å². The van der Waals surface area contributed by atoms with E-state index in [9.17, 15) is 9.18 Å². The zero-order valence-electron chi connectivity index (χ0n) is 13.8. The largest absolute Gasteiger partial charge is 0.336 e. The van der Waals surface area contributed by atoms with Crippen molar-refractivity contribution in [3.8, 4) is 0 Å². The molecule has 4 nitrogen and oxygen atoms in total. The fourth-order valence-corrected chi connectivity index (χ4v) is 3.35. The van der Waals surface area contributed by atoms with E-state index in [-0.39, 0.29) is 17.8 Å². The maximum absolute atomic E-state index is 13.5. The normalized spacial score (nSPS) is 18.3. The van der Waals surface area contributed by atoms with Crippen molar-refractivity contribution in [1.82, 2.24) is 14.7 Å². The third-order valence-electron chi connectivity index (χ3n) is 4.50. The van der Waals surface area contributed by atoms with Gasteiger partial charge in [0, 0.05) is 24.3 Å². The number of hydrogen-bond donors (Lipinski definition) is 0. The van der Waals surface area contributed by atoms with Crippen molar-refractivity contribution < 1.29 is 9.18 Å². The van der Waals surface area contributed by atoms with E-state index in [2.05, 4.69) is 11.2 Å². The molecule has 0 spiro atoms. The molecule has 1 fully saturated rings. The van der Waals surface area contributed by atoms with Crippen LogP contribution >= 0.6 is 0 Å². The summed E-state index contributed by atoms with van der Waals surface area (Å²) in [6.07, 6.45) is 1.94. The first kappa shape index (κ1) is 15.7. The highest BCUT2D eigenvalue weighted by atomic mass is 19.1. The van der Waals surface area contributed by atoms with Crippen LogP contribution in [0, 0.1) is 26.6 Å². The molecule has 1 atom stereocenters. The maximum Gasteiger partial charge on any atom is 0.254 e. The lowest BCUT2D eigenvalue weighted by molar-refractivity contribution is 0.0670. The van der Waals surface area contributed by atoms with Gasteiger partial charge in [-0.3, -0.25) is 9.48 Å². The molecular formula is C18H22FN3O. The van der Waals surface area contributed by atoms with Gasteiger partial charge in [-0.15, -0.1) is 0 Å². The van der Waals surface area contributed by atoms with E-state index in [1.54, 1.807) is 6.07 Å². The van der Waals surface area contributed by atoms with Gasteiger partial charge in [0.15, 0.2) is 0 Å². The Morgan fingerprint density at radius 1 is 1.26 bits per heavy atom. The minimum absolute atomic E-state index is 0.0896. The third-order valence-corrected chi connectivity index (χ3v) is 4.50. The fourth-order valence-electron chi connectivity index (χ4n) is 3.35. The molecule has 2 aromatic rings. The highest BCUT2D eigenvalue weighted by Crippen LogP contribution is 2.25. The molecule has 3 rings (SSSR count). The monoisotopic (exact) mass is 315 g/mol. The van der Waals surface area contributed by atoms with E-state index >= 15 is 0 Å². The molecule has 122 valence electrons. The lowest BCUT2D eigenvalue weighted by Crippen LogP contribution is -2.41. The Kier molecular flexibility index (Phi) is 4.20. The number of halogens is 1. The van der Waals surface area contributed by atoms with E-state index in [0.717, 1.165) is 29.8 Å². The molecule has 5 heteroatoms. The molecule has 1 aliphatic rings. The first-order valence-corrected chi connectivity index (χ1v) is 8.04. The van der Waals surface area contributed by atoms with Crippen LogP contribution in [-0.4, -0.2) is 33.7 Å². The molecule has 1 aromatic heterocycles. The molecule has 1 aromatic carbocycles. The average molecular weight is 315 g/mol. The Morgan fingerprint density at radius 2 is 2.04 bits per heavy atom. The van der Waals surface area contributed by atoms with E-state index in [1.807, 2.05) is 30.4 Å². The first-order valence-electron chi connectivity index (χ1n) is 8.04. The molecule has 0 aliphatic carbocycles. The molecule has 2 heterocycles. The minimum Gasteiger partial charge on any atom is -0.336 e. The molecule has 0 unspecified atom stereocenters. The van der Waals surface area contributed by atoms with Gasteiger partial charge in [-0.1, -0.05) is 6.07 Å². The van der Waals surface area contributed by atoms with Crippen molar-refractivity contribution >= 4 is 5.91 Å². The minimum atomic E-state index is -0.369. The molecule has 1 saturated heterocycles.